The van der Waals surface area contributed by atoms with E-state index in [1.807, 2.05) is 19.1 Å². The summed E-state index contributed by atoms with van der Waals surface area (Å²) in [6.07, 6.45) is 3.11. The quantitative estimate of drug-likeness (QED) is 0.774. The number of hydrogen-bond acceptors (Lipinski definition) is 2. The average Bonchev–Trinajstić information content (AvgIpc) is 2.50. The van der Waals surface area contributed by atoms with Crippen molar-refractivity contribution in [1.29, 1.82) is 0 Å². The van der Waals surface area contributed by atoms with Crippen LogP contribution in [-0.2, 0) is 4.79 Å². The molecule has 0 aromatic carbocycles. The van der Waals surface area contributed by atoms with Gasteiger partial charge >= 0.3 is 5.97 Å². The Kier molecular flexibility index (Phi) is 3.89. The first-order chi connectivity index (χ1) is 6.63. The summed E-state index contributed by atoms with van der Waals surface area (Å²) in [6, 6.07) is 4.01. The van der Waals surface area contributed by atoms with E-state index in [0.29, 0.717) is 0 Å². The van der Waals surface area contributed by atoms with Gasteiger partial charge in [0.05, 0.1) is 0 Å². The smallest absolute Gasteiger partial charge is 0.328 e. The molecule has 0 aliphatic carbocycles. The molecule has 0 saturated heterocycles. The zero-order valence-electron chi connectivity index (χ0n) is 8.41. The molecule has 0 atom stereocenters. The molecule has 0 radical (unpaired) electrons. The number of hydrogen-bond donors (Lipinski definition) is 1. The zero-order valence-corrected chi connectivity index (χ0v) is 9.23. The number of carbonyl (C=O) groups is 1. The molecule has 14 heavy (non-hydrogen) atoms. The highest BCUT2D eigenvalue weighted by Crippen LogP contribution is 2.26. The van der Waals surface area contributed by atoms with E-state index in [0.717, 1.165) is 23.3 Å². The molecule has 1 rings (SSSR count). The summed E-state index contributed by atoms with van der Waals surface area (Å²) in [6.45, 7) is 4.08. The van der Waals surface area contributed by atoms with Crippen LogP contribution in [0.3, 0.4) is 0 Å². The lowest BCUT2D eigenvalue weighted by Gasteiger charge is -2.00. The summed E-state index contributed by atoms with van der Waals surface area (Å²) in [4.78, 5) is 12.9. The van der Waals surface area contributed by atoms with Gasteiger partial charge in [0.2, 0.25) is 0 Å². The van der Waals surface area contributed by atoms with Crippen LogP contribution in [0.2, 0.25) is 0 Å². The van der Waals surface area contributed by atoms with Crippen molar-refractivity contribution in [2.75, 3.05) is 0 Å². The summed E-state index contributed by atoms with van der Waals surface area (Å²) in [7, 11) is 0. The lowest BCUT2D eigenvalue weighted by Crippen LogP contribution is -1.90. The third kappa shape index (κ3) is 3.00. The van der Waals surface area contributed by atoms with Crippen molar-refractivity contribution in [3.05, 3.63) is 28.0 Å². The normalized spacial score (nSPS) is 11.7. The number of aryl methyl sites for hydroxylation is 1. The molecule has 3 heteroatoms. The van der Waals surface area contributed by atoms with Crippen LogP contribution in [-0.4, -0.2) is 11.1 Å². The maximum Gasteiger partial charge on any atom is 0.328 e. The highest BCUT2D eigenvalue weighted by atomic mass is 32.1. The predicted octanol–water partition coefficient (Wildman–Crippen LogP) is 3.32. The standard InChI is InChI=1S/C11H14O2S/c1-3-4-9(7-11(12)13)10-6-5-8(2)14-10/h5-7H,3-4H2,1-2H3,(H,12,13)/b9-7+. The lowest BCUT2D eigenvalue weighted by atomic mass is 10.1. The number of allylic oxidation sites excluding steroid dienone is 1. The Morgan fingerprint density at radius 2 is 2.29 bits per heavy atom. The summed E-state index contributed by atoms with van der Waals surface area (Å²) in [5.41, 5.74) is 0.929. The molecule has 0 unspecified atom stereocenters. The second-order valence-electron chi connectivity index (χ2n) is 3.17. The monoisotopic (exact) mass is 210 g/mol. The largest absolute Gasteiger partial charge is 0.478 e. The van der Waals surface area contributed by atoms with Crippen molar-refractivity contribution in [3.63, 3.8) is 0 Å². The van der Waals surface area contributed by atoms with Crippen molar-refractivity contribution in [3.8, 4) is 0 Å². The number of carboxylic acid groups (broad SMARTS) is 1. The molecule has 0 bridgehead atoms. The number of rotatable bonds is 4. The highest BCUT2D eigenvalue weighted by Gasteiger charge is 2.05. The van der Waals surface area contributed by atoms with Crippen LogP contribution in [0, 0.1) is 6.92 Å². The molecule has 1 aromatic rings. The zero-order chi connectivity index (χ0) is 10.6. The molecule has 1 aromatic heterocycles. The van der Waals surface area contributed by atoms with Crippen molar-refractivity contribution in [2.45, 2.75) is 26.7 Å². The van der Waals surface area contributed by atoms with Gasteiger partial charge in [0.15, 0.2) is 0 Å². The lowest BCUT2D eigenvalue weighted by molar-refractivity contribution is -0.131. The Morgan fingerprint density at radius 1 is 1.57 bits per heavy atom. The van der Waals surface area contributed by atoms with E-state index in [4.69, 9.17) is 5.11 Å². The van der Waals surface area contributed by atoms with Gasteiger partial charge in [0.1, 0.15) is 0 Å². The number of thiophene rings is 1. The molecule has 0 aliphatic rings. The van der Waals surface area contributed by atoms with Crippen LogP contribution < -0.4 is 0 Å². The molecule has 0 amide bonds. The maximum absolute atomic E-state index is 10.6. The van der Waals surface area contributed by atoms with Crippen molar-refractivity contribution < 1.29 is 9.90 Å². The van der Waals surface area contributed by atoms with Gasteiger partial charge in [-0.05, 0) is 31.1 Å². The van der Waals surface area contributed by atoms with E-state index in [2.05, 4.69) is 6.92 Å². The van der Waals surface area contributed by atoms with Crippen LogP contribution in [0.1, 0.15) is 29.5 Å². The predicted molar refractivity (Wildman–Crippen MR) is 59.6 cm³/mol. The molecule has 76 valence electrons. The summed E-state index contributed by atoms with van der Waals surface area (Å²) in [5.74, 6) is -0.862. The second kappa shape index (κ2) is 4.96. The third-order valence-corrected chi connectivity index (χ3v) is 2.95. The fourth-order valence-electron chi connectivity index (χ4n) is 1.29. The molecule has 2 nitrogen and oxygen atoms in total. The van der Waals surface area contributed by atoms with Gasteiger partial charge in [-0.15, -0.1) is 11.3 Å². The fraction of sp³-hybridized carbons (Fsp3) is 0.364. The summed E-state index contributed by atoms with van der Waals surface area (Å²) in [5, 5.41) is 8.71. The van der Waals surface area contributed by atoms with Crippen LogP contribution >= 0.6 is 11.3 Å². The van der Waals surface area contributed by atoms with Gasteiger partial charge in [0.25, 0.3) is 0 Å². The topological polar surface area (TPSA) is 37.3 Å². The first-order valence-corrected chi connectivity index (χ1v) is 5.45. The van der Waals surface area contributed by atoms with Crippen LogP contribution in [0.4, 0.5) is 0 Å². The minimum Gasteiger partial charge on any atom is -0.478 e. The highest BCUT2D eigenvalue weighted by molar-refractivity contribution is 7.13. The van der Waals surface area contributed by atoms with E-state index in [-0.39, 0.29) is 0 Å². The van der Waals surface area contributed by atoms with Gasteiger partial charge in [-0.3, -0.25) is 0 Å². The first kappa shape index (κ1) is 11.0. The molecule has 1 N–H and O–H groups in total. The Bertz CT molecular complexity index is 350. The van der Waals surface area contributed by atoms with Gasteiger partial charge in [0, 0.05) is 15.8 Å². The maximum atomic E-state index is 10.6. The molecular weight excluding hydrogens is 196 g/mol. The molecule has 1 heterocycles. The van der Waals surface area contributed by atoms with Gasteiger partial charge in [-0.2, -0.15) is 0 Å². The summed E-state index contributed by atoms with van der Waals surface area (Å²) >= 11 is 1.65. The Labute approximate surface area is 87.9 Å². The number of carboxylic acids is 1. The first-order valence-electron chi connectivity index (χ1n) is 4.63. The van der Waals surface area contributed by atoms with Gasteiger partial charge in [-0.1, -0.05) is 13.3 Å². The Morgan fingerprint density at radius 3 is 2.71 bits per heavy atom. The summed E-state index contributed by atoms with van der Waals surface area (Å²) < 4.78 is 0. The molecule has 0 aliphatic heterocycles. The van der Waals surface area contributed by atoms with E-state index in [1.165, 1.54) is 11.0 Å². The SMILES string of the molecule is CCC/C(=C\C(=O)O)c1ccc(C)s1. The molecule has 0 spiro atoms. The van der Waals surface area contributed by atoms with Crippen molar-refractivity contribution >= 4 is 22.9 Å². The number of aliphatic carboxylic acids is 1. The minimum atomic E-state index is -0.862. The van der Waals surface area contributed by atoms with E-state index in [9.17, 15) is 4.79 Å². The minimum absolute atomic E-state index is 0.826. The second-order valence-corrected chi connectivity index (χ2v) is 4.46. The van der Waals surface area contributed by atoms with Gasteiger partial charge < -0.3 is 5.11 Å². The molecule has 0 fully saturated rings. The van der Waals surface area contributed by atoms with Crippen LogP contribution in [0.5, 0.6) is 0 Å². The van der Waals surface area contributed by atoms with E-state index < -0.39 is 5.97 Å². The average molecular weight is 210 g/mol. The van der Waals surface area contributed by atoms with Crippen LogP contribution in [0.15, 0.2) is 18.2 Å². The van der Waals surface area contributed by atoms with Crippen molar-refractivity contribution in [1.82, 2.24) is 0 Å². The van der Waals surface area contributed by atoms with E-state index in [1.54, 1.807) is 11.3 Å². The fourth-order valence-corrected chi connectivity index (χ4v) is 2.20. The molecule has 0 saturated carbocycles. The Hall–Kier alpha value is -1.09. The van der Waals surface area contributed by atoms with Crippen molar-refractivity contribution in [2.24, 2.45) is 0 Å². The van der Waals surface area contributed by atoms with E-state index >= 15 is 0 Å². The molecular formula is C11H14O2S. The van der Waals surface area contributed by atoms with Crippen LogP contribution in [0.25, 0.3) is 5.57 Å². The van der Waals surface area contributed by atoms with Gasteiger partial charge in [-0.25, -0.2) is 4.79 Å². The Balaban J connectivity index is 2.93. The third-order valence-electron chi connectivity index (χ3n) is 1.87.